The molecular formula is C11H12ClN3O3S. The summed E-state index contributed by atoms with van der Waals surface area (Å²) in [6, 6.07) is 4.56. The van der Waals surface area contributed by atoms with Crippen molar-refractivity contribution in [1.29, 1.82) is 0 Å². The second kappa shape index (κ2) is 5.28. The van der Waals surface area contributed by atoms with Crippen LogP contribution < -0.4 is 5.43 Å². The van der Waals surface area contributed by atoms with E-state index in [1.807, 2.05) is 0 Å². The minimum absolute atomic E-state index is 0.0620. The summed E-state index contributed by atoms with van der Waals surface area (Å²) in [4.78, 5) is 24.8. The fourth-order valence-electron chi connectivity index (χ4n) is 1.62. The van der Waals surface area contributed by atoms with E-state index in [2.05, 4.69) is 5.43 Å². The molecule has 0 saturated carbocycles. The third-order valence-corrected chi connectivity index (χ3v) is 4.15. The number of nitrogens with one attached hydrogen (secondary N) is 1. The number of halogens is 1. The van der Waals surface area contributed by atoms with Gasteiger partial charge in [0.05, 0.1) is 10.6 Å². The normalized spacial score (nSPS) is 19.1. The first-order valence-electron chi connectivity index (χ1n) is 5.36. The van der Waals surface area contributed by atoms with Crippen LogP contribution in [0.25, 0.3) is 0 Å². The number of rotatable bonds is 3. The van der Waals surface area contributed by atoms with Gasteiger partial charge in [-0.3, -0.25) is 9.91 Å². The number of carboxylic acids is 1. The predicted octanol–water partition coefficient (Wildman–Crippen LogP) is 1.92. The van der Waals surface area contributed by atoms with Crippen molar-refractivity contribution in [1.82, 2.24) is 15.3 Å². The summed E-state index contributed by atoms with van der Waals surface area (Å²) >= 11 is 7.27. The quantitative estimate of drug-likeness (QED) is 0.892. The first-order chi connectivity index (χ1) is 8.90. The van der Waals surface area contributed by atoms with Crippen molar-refractivity contribution in [3.63, 3.8) is 0 Å². The number of benzene rings is 1. The Kier molecular flexibility index (Phi) is 3.88. The Hall–Kier alpha value is -1.44. The van der Waals surface area contributed by atoms with Crippen LogP contribution in [-0.2, 0) is 0 Å². The highest BCUT2D eigenvalue weighted by atomic mass is 35.5. The molecule has 1 aliphatic heterocycles. The summed E-state index contributed by atoms with van der Waals surface area (Å²) in [6.07, 6.45) is 0. The Bertz CT molecular complexity index is 540. The van der Waals surface area contributed by atoms with Crippen molar-refractivity contribution in [2.75, 3.05) is 14.1 Å². The van der Waals surface area contributed by atoms with Crippen LogP contribution in [0.2, 0.25) is 5.02 Å². The van der Waals surface area contributed by atoms with Gasteiger partial charge >= 0.3 is 12.0 Å². The average molecular weight is 302 g/mol. The minimum atomic E-state index is -1.06. The van der Waals surface area contributed by atoms with Gasteiger partial charge in [0.15, 0.2) is 5.50 Å². The third kappa shape index (κ3) is 2.78. The largest absolute Gasteiger partial charge is 0.478 e. The van der Waals surface area contributed by atoms with Gasteiger partial charge in [-0.25, -0.2) is 9.59 Å². The van der Waals surface area contributed by atoms with E-state index in [1.165, 1.54) is 22.8 Å². The zero-order valence-corrected chi connectivity index (χ0v) is 11.8. The smallest absolute Gasteiger partial charge is 0.337 e. The van der Waals surface area contributed by atoms with Crippen LogP contribution in [0.3, 0.4) is 0 Å². The number of nitrogens with zero attached hydrogens (tertiary/aromatic N) is 2. The Morgan fingerprint density at radius 3 is 2.63 bits per heavy atom. The maximum Gasteiger partial charge on any atom is 0.337 e. The van der Waals surface area contributed by atoms with Crippen LogP contribution in [-0.4, -0.2) is 46.6 Å². The monoisotopic (exact) mass is 301 g/mol. The topological polar surface area (TPSA) is 72.9 Å². The molecule has 0 radical (unpaired) electrons. The molecule has 19 heavy (non-hydrogen) atoms. The Balaban J connectivity index is 2.14. The van der Waals surface area contributed by atoms with Gasteiger partial charge in [-0.2, -0.15) is 5.43 Å². The summed E-state index contributed by atoms with van der Waals surface area (Å²) in [5.41, 5.74) is 2.79. The highest BCUT2D eigenvalue weighted by Gasteiger charge is 2.32. The van der Waals surface area contributed by atoms with Gasteiger partial charge in [0.25, 0.3) is 0 Å². The summed E-state index contributed by atoms with van der Waals surface area (Å²) < 4.78 is 0. The van der Waals surface area contributed by atoms with E-state index in [4.69, 9.17) is 16.7 Å². The zero-order valence-electron chi connectivity index (χ0n) is 10.3. The lowest BCUT2D eigenvalue weighted by atomic mass is 10.2. The molecule has 0 bridgehead atoms. The van der Waals surface area contributed by atoms with E-state index in [9.17, 15) is 9.59 Å². The number of amides is 2. The lowest BCUT2D eigenvalue weighted by Crippen LogP contribution is -2.32. The molecule has 0 aliphatic carbocycles. The summed E-state index contributed by atoms with van der Waals surface area (Å²) in [5.74, 6) is -1.06. The number of hydrogen-bond donors (Lipinski definition) is 2. The van der Waals surface area contributed by atoms with E-state index in [1.54, 1.807) is 31.1 Å². The number of thioether (sulfide) groups is 1. The van der Waals surface area contributed by atoms with Crippen LogP contribution >= 0.6 is 23.4 Å². The van der Waals surface area contributed by atoms with Crippen LogP contribution in [0.5, 0.6) is 0 Å². The second-order valence-electron chi connectivity index (χ2n) is 4.00. The van der Waals surface area contributed by atoms with E-state index in [0.717, 1.165) is 4.90 Å². The van der Waals surface area contributed by atoms with Gasteiger partial charge in [0.1, 0.15) is 0 Å². The van der Waals surface area contributed by atoms with Crippen molar-refractivity contribution in [2.24, 2.45) is 0 Å². The van der Waals surface area contributed by atoms with Crippen molar-refractivity contribution in [2.45, 2.75) is 10.4 Å². The molecule has 102 valence electrons. The van der Waals surface area contributed by atoms with Gasteiger partial charge in [0.2, 0.25) is 0 Å². The Labute approximate surface area is 119 Å². The van der Waals surface area contributed by atoms with Crippen molar-refractivity contribution in [3.8, 4) is 0 Å². The van der Waals surface area contributed by atoms with E-state index >= 15 is 0 Å². The standard InChI is InChI=1S/C11H12ClN3O3S/c1-14-10(13-15(2)11(14)18)19-6-3-4-7(9(16)17)8(12)5-6/h3-5,10,13H,1-2H3,(H,16,17). The number of hydrazine groups is 1. The number of hydrogen-bond acceptors (Lipinski definition) is 4. The van der Waals surface area contributed by atoms with Crippen molar-refractivity contribution < 1.29 is 14.7 Å². The maximum atomic E-state index is 11.6. The Morgan fingerprint density at radius 1 is 1.47 bits per heavy atom. The Morgan fingerprint density at radius 2 is 2.16 bits per heavy atom. The van der Waals surface area contributed by atoms with Crippen LogP contribution in [0.1, 0.15) is 10.4 Å². The molecule has 6 nitrogen and oxygen atoms in total. The minimum Gasteiger partial charge on any atom is -0.478 e. The number of carbonyl (C=O) groups is 2. The molecule has 1 heterocycles. The highest BCUT2D eigenvalue weighted by Crippen LogP contribution is 2.30. The lowest BCUT2D eigenvalue weighted by Gasteiger charge is -2.16. The van der Waals surface area contributed by atoms with Gasteiger partial charge in [0, 0.05) is 19.0 Å². The van der Waals surface area contributed by atoms with Crippen LogP contribution in [0, 0.1) is 0 Å². The number of carboxylic acid groups (broad SMARTS) is 1. The van der Waals surface area contributed by atoms with Crippen molar-refractivity contribution in [3.05, 3.63) is 28.8 Å². The SMILES string of the molecule is CN1NC(Sc2ccc(C(=O)O)c(Cl)c2)N(C)C1=O. The third-order valence-electron chi connectivity index (χ3n) is 2.66. The summed E-state index contributed by atoms with van der Waals surface area (Å²) in [7, 11) is 3.32. The number of carbonyl (C=O) groups excluding carboxylic acids is 1. The average Bonchev–Trinajstić information content (AvgIpc) is 2.57. The maximum absolute atomic E-state index is 11.6. The van der Waals surface area contributed by atoms with E-state index in [-0.39, 0.29) is 22.1 Å². The van der Waals surface area contributed by atoms with Crippen molar-refractivity contribution >= 4 is 35.4 Å². The number of aromatic carboxylic acids is 1. The van der Waals surface area contributed by atoms with E-state index < -0.39 is 5.97 Å². The van der Waals surface area contributed by atoms with E-state index in [0.29, 0.717) is 0 Å². The first kappa shape index (κ1) is 14.0. The first-order valence-corrected chi connectivity index (χ1v) is 6.62. The van der Waals surface area contributed by atoms with Crippen LogP contribution in [0.4, 0.5) is 4.79 Å². The molecule has 0 aromatic heterocycles. The second-order valence-corrected chi connectivity index (χ2v) is 5.56. The molecular weight excluding hydrogens is 290 g/mol. The molecule has 1 aromatic rings. The molecule has 0 spiro atoms. The molecule has 1 fully saturated rings. The molecule has 2 rings (SSSR count). The van der Waals surface area contributed by atoms with Gasteiger partial charge in [-0.1, -0.05) is 23.4 Å². The summed E-state index contributed by atoms with van der Waals surface area (Å²) in [5, 5.41) is 10.5. The molecule has 2 amide bonds. The number of urea groups is 1. The fourth-order valence-corrected chi connectivity index (χ4v) is 3.00. The zero-order chi connectivity index (χ0) is 14.2. The molecule has 1 saturated heterocycles. The predicted molar refractivity (Wildman–Crippen MR) is 72.1 cm³/mol. The van der Waals surface area contributed by atoms with Gasteiger partial charge < -0.3 is 5.11 Å². The van der Waals surface area contributed by atoms with Gasteiger partial charge in [-0.05, 0) is 18.2 Å². The fraction of sp³-hybridized carbons (Fsp3) is 0.273. The molecule has 1 aromatic carbocycles. The molecule has 1 aliphatic rings. The highest BCUT2D eigenvalue weighted by molar-refractivity contribution is 7.99. The lowest BCUT2D eigenvalue weighted by molar-refractivity contribution is 0.0697. The van der Waals surface area contributed by atoms with Crippen LogP contribution in [0.15, 0.2) is 23.1 Å². The molecule has 1 atom stereocenters. The van der Waals surface area contributed by atoms with Gasteiger partial charge in [-0.15, -0.1) is 0 Å². The summed E-state index contributed by atoms with van der Waals surface area (Å²) in [6.45, 7) is 0. The molecule has 1 unspecified atom stereocenters. The molecule has 2 N–H and O–H groups in total. The molecule has 8 heteroatoms.